The second-order valence-corrected chi connectivity index (χ2v) is 7.00. The highest BCUT2D eigenvalue weighted by atomic mass is 35.5. The number of hydrogen-bond donors (Lipinski definition) is 1. The predicted octanol–water partition coefficient (Wildman–Crippen LogP) is 4.78. The monoisotopic (exact) mass is 423 g/mol. The first kappa shape index (κ1) is 18.4. The lowest BCUT2D eigenvalue weighted by atomic mass is 10.3. The molecule has 0 aliphatic heterocycles. The fourth-order valence-corrected chi connectivity index (χ4v) is 3.35. The number of nitrogens with zero attached hydrogens (tertiary/aromatic N) is 4. The lowest BCUT2D eigenvalue weighted by Crippen LogP contribution is -2.16. The summed E-state index contributed by atoms with van der Waals surface area (Å²) in [7, 11) is 0. The summed E-state index contributed by atoms with van der Waals surface area (Å²) in [4.78, 5) is 20.9. The van der Waals surface area contributed by atoms with Crippen LogP contribution < -0.4 is 5.32 Å². The van der Waals surface area contributed by atoms with Gasteiger partial charge in [-0.3, -0.25) is 4.79 Å². The molecule has 3 aromatic heterocycles. The average molecular weight is 424 g/mol. The number of rotatable bonds is 3. The molecular weight excluding hydrogens is 415 g/mol. The van der Waals surface area contributed by atoms with Crippen molar-refractivity contribution >= 4 is 40.3 Å². The highest BCUT2D eigenvalue weighted by Crippen LogP contribution is 2.33. The van der Waals surface area contributed by atoms with Crippen molar-refractivity contribution in [1.29, 1.82) is 0 Å². The van der Waals surface area contributed by atoms with Gasteiger partial charge in [0.15, 0.2) is 5.69 Å². The Morgan fingerprint density at radius 2 is 1.96 bits per heavy atom. The van der Waals surface area contributed by atoms with Gasteiger partial charge in [-0.2, -0.15) is 22.7 Å². The molecule has 3 heterocycles. The molecule has 142 valence electrons. The van der Waals surface area contributed by atoms with Crippen molar-refractivity contribution in [1.82, 2.24) is 19.6 Å². The molecule has 1 amide bonds. The van der Waals surface area contributed by atoms with E-state index in [0.717, 1.165) is 6.07 Å². The zero-order valence-corrected chi connectivity index (χ0v) is 15.3. The molecule has 0 atom stereocenters. The second kappa shape index (κ2) is 6.88. The van der Waals surface area contributed by atoms with Gasteiger partial charge in [-0.05, 0) is 35.7 Å². The van der Waals surface area contributed by atoms with Crippen LogP contribution in [0.15, 0.2) is 47.8 Å². The van der Waals surface area contributed by atoms with Gasteiger partial charge in [-0.15, -0.1) is 16.4 Å². The molecule has 0 saturated heterocycles. The quantitative estimate of drug-likeness (QED) is 0.515. The van der Waals surface area contributed by atoms with E-state index in [1.807, 2.05) is 0 Å². The molecular formula is C17H9ClF3N5OS. The fraction of sp³-hybridized carbons (Fsp3) is 0.0588. The molecule has 4 rings (SSSR count). The Labute approximate surface area is 164 Å². The summed E-state index contributed by atoms with van der Waals surface area (Å²) in [6.07, 6.45) is -4.71. The largest absolute Gasteiger partial charge is 0.433 e. The zero-order chi connectivity index (χ0) is 19.9. The molecule has 4 aromatic rings. The summed E-state index contributed by atoms with van der Waals surface area (Å²) in [5.41, 5.74) is -0.612. The minimum atomic E-state index is -4.71. The Morgan fingerprint density at radius 1 is 1.14 bits per heavy atom. The lowest BCUT2D eigenvalue weighted by molar-refractivity contribution is -0.142. The third-order valence-electron chi connectivity index (χ3n) is 3.66. The number of benzene rings is 1. The van der Waals surface area contributed by atoms with Gasteiger partial charge in [-0.1, -0.05) is 23.7 Å². The summed E-state index contributed by atoms with van der Waals surface area (Å²) in [5, 5.41) is 8.31. The molecule has 6 nitrogen and oxygen atoms in total. The Balaban J connectivity index is 1.78. The SMILES string of the molecule is O=C(Nc1cccc(Cl)c1)c1nc2nc(-c3cccs3)cc(C(F)(F)F)n2n1. The number of carbonyl (C=O) groups excluding carboxylic acids is 1. The molecule has 0 radical (unpaired) electrons. The summed E-state index contributed by atoms with van der Waals surface area (Å²) >= 11 is 7.10. The number of alkyl halides is 3. The number of halogens is 4. The zero-order valence-electron chi connectivity index (χ0n) is 13.7. The Morgan fingerprint density at radius 3 is 2.64 bits per heavy atom. The van der Waals surface area contributed by atoms with Gasteiger partial charge in [0.05, 0.1) is 10.6 Å². The molecule has 0 spiro atoms. The van der Waals surface area contributed by atoms with E-state index in [4.69, 9.17) is 11.6 Å². The normalized spacial score (nSPS) is 11.7. The van der Waals surface area contributed by atoms with Gasteiger partial charge in [0.2, 0.25) is 5.82 Å². The highest BCUT2D eigenvalue weighted by Gasteiger charge is 2.36. The topological polar surface area (TPSA) is 72.2 Å². The lowest BCUT2D eigenvalue weighted by Gasteiger charge is -2.09. The van der Waals surface area contributed by atoms with Gasteiger partial charge in [0.25, 0.3) is 11.7 Å². The minimum absolute atomic E-state index is 0.101. The first-order chi connectivity index (χ1) is 13.3. The smallest absolute Gasteiger partial charge is 0.319 e. The number of aromatic nitrogens is 4. The molecule has 0 aliphatic rings. The Hall–Kier alpha value is -2.98. The van der Waals surface area contributed by atoms with Gasteiger partial charge in [0, 0.05) is 10.7 Å². The number of amides is 1. The fourth-order valence-electron chi connectivity index (χ4n) is 2.47. The molecule has 28 heavy (non-hydrogen) atoms. The van der Waals surface area contributed by atoms with E-state index in [2.05, 4.69) is 20.4 Å². The highest BCUT2D eigenvalue weighted by molar-refractivity contribution is 7.13. The van der Waals surface area contributed by atoms with Crippen molar-refractivity contribution in [2.75, 3.05) is 5.32 Å². The van der Waals surface area contributed by atoms with Gasteiger partial charge >= 0.3 is 6.18 Å². The Kier molecular flexibility index (Phi) is 4.52. The van der Waals surface area contributed by atoms with Crippen molar-refractivity contribution in [3.8, 4) is 10.6 Å². The number of carbonyl (C=O) groups is 1. The summed E-state index contributed by atoms with van der Waals surface area (Å²) < 4.78 is 41.1. The predicted molar refractivity (Wildman–Crippen MR) is 98.5 cm³/mol. The molecule has 1 aromatic carbocycles. The maximum atomic E-state index is 13.5. The van der Waals surface area contributed by atoms with Crippen molar-refractivity contribution in [3.05, 3.63) is 64.4 Å². The first-order valence-electron chi connectivity index (χ1n) is 7.77. The summed E-state index contributed by atoms with van der Waals surface area (Å²) in [5.74, 6) is -1.55. The van der Waals surface area contributed by atoms with Crippen LogP contribution in [0.5, 0.6) is 0 Å². The second-order valence-electron chi connectivity index (χ2n) is 5.61. The average Bonchev–Trinajstić information content (AvgIpc) is 3.29. The third-order valence-corrected chi connectivity index (χ3v) is 4.79. The van der Waals surface area contributed by atoms with Crippen LogP contribution in [0.1, 0.15) is 16.3 Å². The number of nitrogens with one attached hydrogen (secondary N) is 1. The van der Waals surface area contributed by atoms with Crippen LogP contribution in [0.3, 0.4) is 0 Å². The van der Waals surface area contributed by atoms with Crippen LogP contribution in [-0.2, 0) is 6.18 Å². The van der Waals surface area contributed by atoms with E-state index < -0.39 is 23.6 Å². The number of fused-ring (bicyclic) bond motifs is 1. The van der Waals surface area contributed by atoms with Gasteiger partial charge in [-0.25, -0.2) is 4.98 Å². The van der Waals surface area contributed by atoms with Crippen LogP contribution in [0.4, 0.5) is 18.9 Å². The standard InChI is InChI=1S/C17H9ClF3N5OS/c18-9-3-1-4-10(7-9)22-15(27)14-24-16-23-11(12-5-2-6-28-12)8-13(17(19,20)21)26(16)25-14/h1-8H,(H,22,27). The van der Waals surface area contributed by atoms with Crippen molar-refractivity contribution in [2.45, 2.75) is 6.18 Å². The van der Waals surface area contributed by atoms with Crippen LogP contribution in [-0.4, -0.2) is 25.5 Å². The first-order valence-corrected chi connectivity index (χ1v) is 9.03. The van der Waals surface area contributed by atoms with Gasteiger partial charge < -0.3 is 5.32 Å². The van der Waals surface area contributed by atoms with E-state index in [9.17, 15) is 18.0 Å². The summed E-state index contributed by atoms with van der Waals surface area (Å²) in [6, 6.07) is 10.5. The van der Waals surface area contributed by atoms with Crippen molar-refractivity contribution in [2.24, 2.45) is 0 Å². The van der Waals surface area contributed by atoms with Crippen molar-refractivity contribution in [3.63, 3.8) is 0 Å². The molecule has 0 saturated carbocycles. The molecule has 1 N–H and O–H groups in total. The van der Waals surface area contributed by atoms with E-state index in [0.29, 0.717) is 20.1 Å². The van der Waals surface area contributed by atoms with Crippen molar-refractivity contribution < 1.29 is 18.0 Å². The summed E-state index contributed by atoms with van der Waals surface area (Å²) in [6.45, 7) is 0. The molecule has 0 aliphatic carbocycles. The molecule has 11 heteroatoms. The molecule has 0 fully saturated rings. The van der Waals surface area contributed by atoms with E-state index in [-0.39, 0.29) is 11.5 Å². The van der Waals surface area contributed by atoms with Crippen LogP contribution in [0.2, 0.25) is 5.02 Å². The van der Waals surface area contributed by atoms with Gasteiger partial charge in [0.1, 0.15) is 0 Å². The molecule has 0 bridgehead atoms. The van der Waals surface area contributed by atoms with E-state index in [1.54, 1.807) is 35.7 Å². The number of hydrogen-bond acceptors (Lipinski definition) is 5. The van der Waals surface area contributed by atoms with Crippen LogP contribution >= 0.6 is 22.9 Å². The third kappa shape index (κ3) is 3.56. The molecule has 0 unspecified atom stereocenters. The maximum Gasteiger partial charge on any atom is 0.433 e. The number of anilines is 1. The minimum Gasteiger partial charge on any atom is -0.319 e. The van der Waals surface area contributed by atoms with E-state index >= 15 is 0 Å². The maximum absolute atomic E-state index is 13.5. The van der Waals surface area contributed by atoms with Crippen LogP contribution in [0.25, 0.3) is 16.3 Å². The van der Waals surface area contributed by atoms with Crippen LogP contribution in [0, 0.1) is 0 Å². The van der Waals surface area contributed by atoms with E-state index in [1.165, 1.54) is 17.4 Å². The number of thiophene rings is 1. The Bertz CT molecular complexity index is 1170.